The van der Waals surface area contributed by atoms with Crippen molar-refractivity contribution in [3.05, 3.63) is 11.6 Å². The van der Waals surface area contributed by atoms with Gasteiger partial charge >= 0.3 is 0 Å². The van der Waals surface area contributed by atoms with Crippen molar-refractivity contribution in [1.82, 2.24) is 25.0 Å². The predicted molar refractivity (Wildman–Crippen MR) is 86.4 cm³/mol. The van der Waals surface area contributed by atoms with E-state index in [0.717, 1.165) is 44.2 Å². The molecule has 0 fully saturated rings. The lowest BCUT2D eigenvalue weighted by molar-refractivity contribution is -0.124. The number of hydrogen-bond acceptors (Lipinski definition) is 4. The summed E-state index contributed by atoms with van der Waals surface area (Å²) in [6.07, 6.45) is 0.921. The molecule has 2 rings (SSSR count). The summed E-state index contributed by atoms with van der Waals surface area (Å²) in [7, 11) is 0. The zero-order chi connectivity index (χ0) is 16.3. The summed E-state index contributed by atoms with van der Waals surface area (Å²) in [6, 6.07) is -0.104. The highest BCUT2D eigenvalue weighted by Gasteiger charge is 2.23. The van der Waals surface area contributed by atoms with E-state index in [4.69, 9.17) is 0 Å². The summed E-state index contributed by atoms with van der Waals surface area (Å²) in [6.45, 7) is 14.3. The van der Waals surface area contributed by atoms with Gasteiger partial charge in [-0.1, -0.05) is 27.7 Å². The van der Waals surface area contributed by atoms with Gasteiger partial charge in [0.25, 0.3) is 0 Å². The lowest BCUT2D eigenvalue weighted by atomic mass is 10.2. The van der Waals surface area contributed by atoms with Crippen molar-refractivity contribution in [2.75, 3.05) is 19.6 Å². The summed E-state index contributed by atoms with van der Waals surface area (Å²) < 4.78 is 2.19. The number of aromatic nitrogens is 3. The summed E-state index contributed by atoms with van der Waals surface area (Å²) >= 11 is 0. The van der Waals surface area contributed by atoms with Crippen molar-refractivity contribution in [3.8, 4) is 0 Å². The van der Waals surface area contributed by atoms with Crippen molar-refractivity contribution in [3.63, 3.8) is 0 Å². The Hall–Kier alpha value is -1.43. The molecular formula is C16H29N5O. The van der Waals surface area contributed by atoms with Crippen LogP contribution in [0.1, 0.15) is 52.3 Å². The molecule has 1 amide bonds. The van der Waals surface area contributed by atoms with E-state index >= 15 is 0 Å². The monoisotopic (exact) mass is 307 g/mol. The second kappa shape index (κ2) is 7.22. The van der Waals surface area contributed by atoms with E-state index in [-0.39, 0.29) is 17.9 Å². The second-order valence-corrected chi connectivity index (χ2v) is 6.96. The van der Waals surface area contributed by atoms with Crippen LogP contribution in [0.3, 0.4) is 0 Å². The van der Waals surface area contributed by atoms with Gasteiger partial charge in [0, 0.05) is 38.5 Å². The predicted octanol–water partition coefficient (Wildman–Crippen LogP) is 1.63. The Morgan fingerprint density at radius 3 is 2.50 bits per heavy atom. The normalized spacial score (nSPS) is 17.4. The molecule has 0 saturated carbocycles. The fourth-order valence-electron chi connectivity index (χ4n) is 2.85. The molecule has 6 nitrogen and oxygen atoms in total. The number of amides is 1. The van der Waals surface area contributed by atoms with Crippen LogP contribution in [0.5, 0.6) is 0 Å². The molecule has 124 valence electrons. The third-order valence-corrected chi connectivity index (χ3v) is 4.04. The van der Waals surface area contributed by atoms with Crippen molar-refractivity contribution in [1.29, 1.82) is 0 Å². The molecule has 22 heavy (non-hydrogen) atoms. The molecule has 1 aromatic heterocycles. The van der Waals surface area contributed by atoms with Crippen LogP contribution in [0.25, 0.3) is 0 Å². The molecule has 0 spiro atoms. The highest BCUT2D eigenvalue weighted by Crippen LogP contribution is 2.16. The summed E-state index contributed by atoms with van der Waals surface area (Å²) in [5, 5.41) is 11.7. The van der Waals surface area contributed by atoms with Crippen LogP contribution in [0.15, 0.2) is 0 Å². The molecule has 1 N–H and O–H groups in total. The van der Waals surface area contributed by atoms with E-state index in [1.807, 2.05) is 20.8 Å². The maximum atomic E-state index is 11.9. The van der Waals surface area contributed by atoms with Crippen LogP contribution in [0.2, 0.25) is 0 Å². The first-order valence-corrected chi connectivity index (χ1v) is 8.33. The standard InChI is InChI=1S/C16H29N5O/c1-11(2)10-20-7-6-14-18-19-15(21(14)9-8-20)13(5)17-16(22)12(3)4/h11-13H,6-10H2,1-5H3,(H,17,22)/t13-/m0/s1. The van der Waals surface area contributed by atoms with Crippen LogP contribution >= 0.6 is 0 Å². The van der Waals surface area contributed by atoms with Crippen molar-refractivity contribution >= 4 is 5.91 Å². The quantitative estimate of drug-likeness (QED) is 0.898. The van der Waals surface area contributed by atoms with Crippen molar-refractivity contribution < 1.29 is 4.79 Å². The number of fused-ring (bicyclic) bond motifs is 1. The fourth-order valence-corrected chi connectivity index (χ4v) is 2.85. The summed E-state index contributed by atoms with van der Waals surface area (Å²) in [4.78, 5) is 14.4. The van der Waals surface area contributed by atoms with E-state index < -0.39 is 0 Å². The first-order valence-electron chi connectivity index (χ1n) is 8.33. The van der Waals surface area contributed by atoms with Gasteiger partial charge in [-0.15, -0.1) is 10.2 Å². The molecule has 1 aromatic rings. The maximum absolute atomic E-state index is 11.9. The van der Waals surface area contributed by atoms with Gasteiger partial charge in [-0.3, -0.25) is 4.79 Å². The van der Waals surface area contributed by atoms with Crippen LogP contribution < -0.4 is 5.32 Å². The Morgan fingerprint density at radius 1 is 1.14 bits per heavy atom. The average Bonchev–Trinajstić information content (AvgIpc) is 2.74. The molecular weight excluding hydrogens is 278 g/mol. The first-order chi connectivity index (χ1) is 10.4. The summed E-state index contributed by atoms with van der Waals surface area (Å²) in [5.74, 6) is 2.62. The highest BCUT2D eigenvalue weighted by atomic mass is 16.1. The van der Waals surface area contributed by atoms with Gasteiger partial charge in [0.2, 0.25) is 5.91 Å². The maximum Gasteiger partial charge on any atom is 0.223 e. The highest BCUT2D eigenvalue weighted by molar-refractivity contribution is 5.78. The number of carbonyl (C=O) groups is 1. The Bertz CT molecular complexity index is 509. The number of nitrogens with one attached hydrogen (secondary N) is 1. The molecule has 1 aliphatic rings. The molecule has 1 atom stereocenters. The van der Waals surface area contributed by atoms with Gasteiger partial charge in [0.05, 0.1) is 6.04 Å². The van der Waals surface area contributed by atoms with Gasteiger partial charge in [-0.05, 0) is 12.8 Å². The molecule has 6 heteroatoms. The topological polar surface area (TPSA) is 63.1 Å². The molecule has 0 saturated heterocycles. The Balaban J connectivity index is 2.06. The molecule has 1 aliphatic heterocycles. The molecule has 0 radical (unpaired) electrons. The number of rotatable bonds is 5. The molecule has 2 heterocycles. The fraction of sp³-hybridized carbons (Fsp3) is 0.812. The largest absolute Gasteiger partial charge is 0.346 e. The third-order valence-electron chi connectivity index (χ3n) is 4.04. The average molecular weight is 307 g/mol. The van der Waals surface area contributed by atoms with Crippen LogP contribution in [-0.2, 0) is 17.8 Å². The van der Waals surface area contributed by atoms with Gasteiger partial charge in [0.15, 0.2) is 5.82 Å². The summed E-state index contributed by atoms with van der Waals surface area (Å²) in [5.41, 5.74) is 0. The van der Waals surface area contributed by atoms with Gasteiger partial charge in [0.1, 0.15) is 5.82 Å². The zero-order valence-corrected chi connectivity index (χ0v) is 14.5. The third kappa shape index (κ3) is 4.06. The minimum absolute atomic E-state index is 0.0180. The SMILES string of the molecule is CC(C)CN1CCc2nnc([C@H](C)NC(=O)C(C)C)n2CC1. The molecule has 0 aromatic carbocycles. The van der Waals surface area contributed by atoms with E-state index in [9.17, 15) is 4.79 Å². The van der Waals surface area contributed by atoms with Gasteiger partial charge < -0.3 is 14.8 Å². The minimum Gasteiger partial charge on any atom is -0.346 e. The lowest BCUT2D eigenvalue weighted by Crippen LogP contribution is -2.33. The van der Waals surface area contributed by atoms with Crippen LogP contribution in [0.4, 0.5) is 0 Å². The molecule has 0 aliphatic carbocycles. The van der Waals surface area contributed by atoms with Crippen molar-refractivity contribution in [2.24, 2.45) is 11.8 Å². The second-order valence-electron chi connectivity index (χ2n) is 6.96. The molecule has 0 unspecified atom stereocenters. The molecule has 0 bridgehead atoms. The van der Waals surface area contributed by atoms with Gasteiger partial charge in [-0.25, -0.2) is 0 Å². The number of hydrogen-bond donors (Lipinski definition) is 1. The Labute approximate surface area is 133 Å². The zero-order valence-electron chi connectivity index (χ0n) is 14.5. The number of carbonyl (C=O) groups excluding carboxylic acids is 1. The van der Waals surface area contributed by atoms with E-state index in [1.165, 1.54) is 0 Å². The number of nitrogens with zero attached hydrogens (tertiary/aromatic N) is 4. The minimum atomic E-state index is -0.104. The first kappa shape index (κ1) is 16.9. The smallest absolute Gasteiger partial charge is 0.223 e. The van der Waals surface area contributed by atoms with Crippen molar-refractivity contribution in [2.45, 2.75) is 53.6 Å². The van der Waals surface area contributed by atoms with Gasteiger partial charge in [-0.2, -0.15) is 0 Å². The van der Waals surface area contributed by atoms with Crippen LogP contribution in [0, 0.1) is 11.8 Å². The van der Waals surface area contributed by atoms with Crippen LogP contribution in [-0.4, -0.2) is 45.2 Å². The van der Waals surface area contributed by atoms with E-state index in [1.54, 1.807) is 0 Å². The van der Waals surface area contributed by atoms with E-state index in [2.05, 4.69) is 38.8 Å². The Morgan fingerprint density at radius 2 is 1.86 bits per heavy atom. The van der Waals surface area contributed by atoms with E-state index in [0.29, 0.717) is 5.92 Å². The Kier molecular flexibility index (Phi) is 5.56. The lowest BCUT2D eigenvalue weighted by Gasteiger charge is -2.22.